The molecule has 0 spiro atoms. The molecule has 6 nitrogen and oxygen atoms in total. The second kappa shape index (κ2) is 3.76. The minimum Gasteiger partial charge on any atom is -0.504 e. The predicted octanol–water partition coefficient (Wildman–Crippen LogP) is 3.24. The monoisotopic (exact) mass is 246 g/mol. The van der Waals surface area contributed by atoms with Gasteiger partial charge in [0.2, 0.25) is 0 Å². The Balaban J connectivity index is 1.75. The second-order valence-corrected chi connectivity index (χ2v) is 4.50. The van der Waals surface area contributed by atoms with Crippen molar-refractivity contribution in [2.75, 3.05) is 0 Å². The molecule has 1 aromatic rings. The molecule has 0 radical (unpaired) electrons. The van der Waals surface area contributed by atoms with Crippen LogP contribution in [0.1, 0.15) is 26.2 Å². The normalized spacial score (nSPS) is 20.7. The highest BCUT2D eigenvalue weighted by Crippen LogP contribution is 2.54. The van der Waals surface area contributed by atoms with Crippen molar-refractivity contribution in [3.05, 3.63) is 24.3 Å². The number of hydrogen-bond acceptors (Lipinski definition) is 6. The van der Waals surface area contributed by atoms with Gasteiger partial charge in [-0.1, -0.05) is 25.5 Å². The molecule has 1 aromatic carbocycles. The average molecular weight is 246 g/mol. The quantitative estimate of drug-likeness (QED) is 0.836. The Hall–Kier alpha value is -1.98. The molecule has 0 aromatic heterocycles. The molecule has 2 aliphatic heterocycles. The van der Waals surface area contributed by atoms with Crippen molar-refractivity contribution < 1.29 is 9.84 Å². The van der Waals surface area contributed by atoms with E-state index in [0.717, 1.165) is 19.3 Å². The summed E-state index contributed by atoms with van der Waals surface area (Å²) in [6.07, 6.45) is 2.81. The first kappa shape index (κ1) is 11.1. The van der Waals surface area contributed by atoms with Gasteiger partial charge in [-0.2, -0.15) is 0 Å². The Bertz CT molecular complexity index is 515. The number of hydrogen-bond donors (Lipinski definition) is 1. The summed E-state index contributed by atoms with van der Waals surface area (Å²) in [6, 6.07) is 6.75. The van der Waals surface area contributed by atoms with E-state index in [0.29, 0.717) is 5.75 Å². The smallest absolute Gasteiger partial charge is 0.384 e. The van der Waals surface area contributed by atoms with Gasteiger partial charge in [0.25, 0.3) is 5.66 Å². The van der Waals surface area contributed by atoms with Crippen LogP contribution in [-0.4, -0.2) is 16.6 Å². The molecule has 0 saturated heterocycles. The molecule has 0 fully saturated rings. The highest BCUT2D eigenvalue weighted by molar-refractivity contribution is 5.39. The zero-order valence-electron chi connectivity index (χ0n) is 10.1. The van der Waals surface area contributed by atoms with Gasteiger partial charge >= 0.3 is 5.85 Å². The van der Waals surface area contributed by atoms with Gasteiger partial charge in [0.05, 0.1) is 0 Å². The van der Waals surface area contributed by atoms with Crippen molar-refractivity contribution in [2.24, 2.45) is 20.5 Å². The predicted molar refractivity (Wildman–Crippen MR) is 63.4 cm³/mol. The van der Waals surface area contributed by atoms with E-state index in [1.165, 1.54) is 0 Å². The number of rotatable bonds is 6. The number of unbranched alkanes of at least 4 members (excludes halogenated alkanes) is 1. The summed E-state index contributed by atoms with van der Waals surface area (Å²) in [5, 5.41) is 25.7. The molecule has 0 aliphatic carbocycles. The van der Waals surface area contributed by atoms with E-state index in [-0.39, 0.29) is 5.75 Å². The number of aromatic hydroxyl groups is 1. The molecule has 1 N–H and O–H groups in total. The largest absolute Gasteiger partial charge is 0.504 e. The fourth-order valence-electron chi connectivity index (χ4n) is 1.90. The summed E-state index contributed by atoms with van der Waals surface area (Å²) >= 11 is 0. The first-order valence-corrected chi connectivity index (χ1v) is 6.06. The molecule has 18 heavy (non-hydrogen) atoms. The van der Waals surface area contributed by atoms with E-state index < -0.39 is 11.5 Å². The second-order valence-electron chi connectivity index (χ2n) is 4.50. The Morgan fingerprint density at radius 3 is 2.44 bits per heavy atom. The van der Waals surface area contributed by atoms with Crippen LogP contribution in [0, 0.1) is 0 Å². The lowest BCUT2D eigenvalue weighted by atomic mass is 10.0. The summed E-state index contributed by atoms with van der Waals surface area (Å²) in [5.41, 5.74) is -0.661. The summed E-state index contributed by atoms with van der Waals surface area (Å²) in [6.45, 7) is 2.10. The Morgan fingerprint density at radius 1 is 1.17 bits per heavy atom. The van der Waals surface area contributed by atoms with Crippen LogP contribution < -0.4 is 4.74 Å². The van der Waals surface area contributed by atoms with Crippen molar-refractivity contribution in [3.8, 4) is 11.5 Å². The lowest BCUT2D eigenvalue weighted by molar-refractivity contribution is 0.0961. The molecule has 2 aliphatic rings. The van der Waals surface area contributed by atoms with E-state index in [1.807, 2.05) is 0 Å². The maximum absolute atomic E-state index is 9.69. The van der Waals surface area contributed by atoms with Crippen molar-refractivity contribution in [1.29, 1.82) is 0 Å². The molecule has 0 saturated carbocycles. The number of nitrogens with zero attached hydrogens (tertiary/aromatic N) is 4. The van der Waals surface area contributed by atoms with Crippen LogP contribution in [0.2, 0.25) is 0 Å². The average Bonchev–Trinajstić information content (AvgIpc) is 3.24. The van der Waals surface area contributed by atoms with Gasteiger partial charge in [-0.3, -0.25) is 0 Å². The first-order chi connectivity index (χ1) is 8.71. The van der Waals surface area contributed by atoms with Gasteiger partial charge in [-0.15, -0.1) is 20.5 Å². The Kier molecular flexibility index (Phi) is 2.33. The van der Waals surface area contributed by atoms with E-state index in [2.05, 4.69) is 27.4 Å². The van der Waals surface area contributed by atoms with Crippen LogP contribution in [0.4, 0.5) is 0 Å². The third-order valence-electron chi connectivity index (χ3n) is 3.14. The highest BCUT2D eigenvalue weighted by Gasteiger charge is 2.70. The Labute approximate surface area is 104 Å². The van der Waals surface area contributed by atoms with Crippen molar-refractivity contribution >= 4 is 0 Å². The lowest BCUT2D eigenvalue weighted by Crippen LogP contribution is -2.39. The number of ether oxygens (including phenoxy) is 1. The van der Waals surface area contributed by atoms with Gasteiger partial charge in [0, 0.05) is 6.42 Å². The van der Waals surface area contributed by atoms with Crippen molar-refractivity contribution in [1.82, 2.24) is 0 Å². The number of phenols is 1. The molecule has 0 amide bonds. The topological polar surface area (TPSA) is 78.9 Å². The molecular formula is C12H14N4O2. The molecule has 0 atom stereocenters. The molecule has 6 heteroatoms. The van der Waals surface area contributed by atoms with E-state index in [9.17, 15) is 5.11 Å². The van der Waals surface area contributed by atoms with Gasteiger partial charge < -0.3 is 9.84 Å². The Morgan fingerprint density at radius 2 is 1.89 bits per heavy atom. The maximum atomic E-state index is 9.69. The van der Waals surface area contributed by atoms with Gasteiger partial charge in [-0.25, -0.2) is 0 Å². The van der Waals surface area contributed by atoms with Gasteiger partial charge in [0.15, 0.2) is 11.5 Å². The van der Waals surface area contributed by atoms with Crippen LogP contribution in [0.3, 0.4) is 0 Å². The van der Waals surface area contributed by atoms with Crippen LogP contribution >= 0.6 is 0 Å². The molecule has 3 rings (SSSR count). The number of benzene rings is 1. The maximum Gasteiger partial charge on any atom is 0.384 e. The first-order valence-electron chi connectivity index (χ1n) is 6.06. The highest BCUT2D eigenvalue weighted by atomic mass is 16.6. The van der Waals surface area contributed by atoms with Crippen LogP contribution in [-0.2, 0) is 0 Å². The standard InChI is InChI=1S/C12H14N4O2/c1-2-3-8-11(13-14-11)12(15-16-12)18-10-7-5-4-6-9(10)17/h4-7,17H,2-3,8H2,1H3. The zero-order chi connectivity index (χ0) is 12.6. The minimum absolute atomic E-state index is 0.0699. The summed E-state index contributed by atoms with van der Waals surface area (Å²) in [4.78, 5) is 0. The van der Waals surface area contributed by atoms with Crippen LogP contribution in [0.15, 0.2) is 44.7 Å². The number of para-hydroxylation sites is 2. The van der Waals surface area contributed by atoms with Crippen molar-refractivity contribution in [3.63, 3.8) is 0 Å². The van der Waals surface area contributed by atoms with E-state index >= 15 is 0 Å². The molecule has 94 valence electrons. The molecule has 0 unspecified atom stereocenters. The summed E-state index contributed by atoms with van der Waals surface area (Å²) < 4.78 is 5.70. The minimum atomic E-state index is -1.04. The lowest BCUT2D eigenvalue weighted by Gasteiger charge is -2.19. The van der Waals surface area contributed by atoms with E-state index in [4.69, 9.17) is 4.74 Å². The van der Waals surface area contributed by atoms with Gasteiger partial charge in [-0.05, 0) is 18.6 Å². The SMILES string of the molecule is CCCCC1(C2(Oc3ccccc3O)N=N2)N=N1. The third kappa shape index (κ3) is 1.64. The fraction of sp³-hybridized carbons (Fsp3) is 0.500. The molecular weight excluding hydrogens is 232 g/mol. The number of phenolic OH excluding ortho intramolecular Hbond substituents is 1. The zero-order valence-corrected chi connectivity index (χ0v) is 10.1. The van der Waals surface area contributed by atoms with Crippen LogP contribution in [0.25, 0.3) is 0 Å². The van der Waals surface area contributed by atoms with E-state index in [1.54, 1.807) is 24.3 Å². The molecule has 2 heterocycles. The summed E-state index contributed by atoms with van der Waals surface area (Å²) in [7, 11) is 0. The van der Waals surface area contributed by atoms with Crippen LogP contribution in [0.5, 0.6) is 11.5 Å². The van der Waals surface area contributed by atoms with Gasteiger partial charge in [0.1, 0.15) is 0 Å². The van der Waals surface area contributed by atoms with Crippen molar-refractivity contribution in [2.45, 2.75) is 37.7 Å². The molecule has 0 bridgehead atoms. The fourth-order valence-corrected chi connectivity index (χ4v) is 1.90. The summed E-state index contributed by atoms with van der Waals surface area (Å²) in [5.74, 6) is -0.614. The third-order valence-corrected chi connectivity index (χ3v) is 3.14.